The van der Waals surface area contributed by atoms with Gasteiger partial charge >= 0.3 is 63.9 Å². The number of hydrogen-bond acceptors (Lipinski definition) is 3. The molecule has 1 N–H and O–H groups in total. The smallest absolute Gasteiger partial charge is 0.762 e. The number of nitrogens with zero attached hydrogens (tertiary/aromatic N) is 1. The molecule has 0 aliphatic heterocycles. The normalized spacial score (nSPS) is 8.00. The van der Waals surface area contributed by atoms with Gasteiger partial charge in [-0.25, -0.2) is 9.78 Å². The van der Waals surface area contributed by atoms with Crippen LogP contribution in [0.15, 0.2) is 22.1 Å². The predicted molar refractivity (Wildman–Crippen MR) is 30.5 cm³/mol. The van der Waals surface area contributed by atoms with Gasteiger partial charge in [-0.3, -0.25) is 0 Å². The third-order valence-corrected chi connectivity index (χ3v) is 0.886. The van der Waals surface area contributed by atoms with Crippen LogP contribution in [0.3, 0.4) is 0 Å². The van der Waals surface area contributed by atoms with Gasteiger partial charge in [0.25, 0.3) is 0 Å². The van der Waals surface area contributed by atoms with Gasteiger partial charge in [0.05, 0.1) is 0 Å². The maximum absolute atomic E-state index is 10.3. The van der Waals surface area contributed by atoms with E-state index in [-0.39, 0.29) is 58.2 Å². The predicted octanol–water partition coefficient (Wildman–Crippen LogP) is -3.32. The molecular formula is C4H3N2ORbS. The molecule has 9 heavy (non-hydrogen) atoms. The van der Waals surface area contributed by atoms with Gasteiger partial charge in [0.15, 0.2) is 0 Å². The minimum Gasteiger partial charge on any atom is -0.762 e. The molecule has 3 nitrogen and oxygen atoms in total. The summed E-state index contributed by atoms with van der Waals surface area (Å²) in [5, 5.41) is 0.421. The zero-order chi connectivity index (χ0) is 5.98. The number of aromatic nitrogens is 2. The Balaban J connectivity index is 0.000000640. The van der Waals surface area contributed by atoms with Crippen LogP contribution in [0.1, 0.15) is 0 Å². The minimum atomic E-state index is -0.391. The van der Waals surface area contributed by atoms with Gasteiger partial charge < -0.3 is 17.6 Å². The second kappa shape index (κ2) is 4.68. The summed E-state index contributed by atoms with van der Waals surface area (Å²) in [7, 11) is 0. The number of H-pyrrole nitrogens is 1. The fourth-order valence-electron chi connectivity index (χ4n) is 0.352. The van der Waals surface area contributed by atoms with Crippen LogP contribution in [-0.4, -0.2) is 9.97 Å². The average Bonchev–Trinajstić information content (AvgIpc) is 1.64. The zero-order valence-electron chi connectivity index (χ0n) is 4.92. The van der Waals surface area contributed by atoms with Gasteiger partial charge in [-0.05, 0) is 6.07 Å². The molecule has 0 fully saturated rings. The van der Waals surface area contributed by atoms with Crippen molar-refractivity contribution in [3.05, 3.63) is 22.7 Å². The van der Waals surface area contributed by atoms with Crippen LogP contribution < -0.4 is 63.9 Å². The molecule has 0 aliphatic carbocycles. The summed E-state index contributed by atoms with van der Waals surface area (Å²) >= 11 is 4.60. The fraction of sp³-hybridized carbons (Fsp3) is 0. The third-order valence-electron chi connectivity index (χ3n) is 0.648. The standard InChI is InChI=1S/C4H4N2OS.Rb/c7-4-5-2-1-3(8)6-4;/h1-2H,(H2,5,6,7,8);/q;+1/p-1. The first kappa shape index (κ1) is 9.91. The third kappa shape index (κ3) is 3.57. The second-order valence-corrected chi connectivity index (χ2v) is 1.68. The Kier molecular flexibility index (Phi) is 5.15. The van der Waals surface area contributed by atoms with E-state index in [2.05, 4.69) is 22.6 Å². The number of rotatable bonds is 0. The van der Waals surface area contributed by atoms with Crippen LogP contribution in [0.5, 0.6) is 0 Å². The van der Waals surface area contributed by atoms with E-state index in [0.717, 1.165) is 0 Å². The molecule has 1 aromatic heterocycles. The summed E-state index contributed by atoms with van der Waals surface area (Å²) in [5.74, 6) is 0. The summed E-state index contributed by atoms with van der Waals surface area (Å²) in [6.45, 7) is 0. The molecule has 0 saturated carbocycles. The monoisotopic (exact) mass is 212 g/mol. The summed E-state index contributed by atoms with van der Waals surface area (Å²) in [6, 6.07) is 1.55. The van der Waals surface area contributed by atoms with E-state index in [0.29, 0.717) is 5.03 Å². The van der Waals surface area contributed by atoms with Crippen LogP contribution in [0, 0.1) is 0 Å². The van der Waals surface area contributed by atoms with E-state index >= 15 is 0 Å². The quantitative estimate of drug-likeness (QED) is 0.362. The van der Waals surface area contributed by atoms with E-state index in [1.807, 2.05) is 0 Å². The van der Waals surface area contributed by atoms with Gasteiger partial charge in [-0.2, -0.15) is 0 Å². The molecular weight excluding hydrogens is 210 g/mol. The van der Waals surface area contributed by atoms with E-state index in [9.17, 15) is 4.79 Å². The van der Waals surface area contributed by atoms with Crippen molar-refractivity contribution in [2.45, 2.75) is 5.03 Å². The van der Waals surface area contributed by atoms with E-state index in [4.69, 9.17) is 0 Å². The first-order chi connectivity index (χ1) is 3.79. The van der Waals surface area contributed by atoms with Crippen LogP contribution in [-0.2, 0) is 12.6 Å². The molecule has 0 aromatic carbocycles. The molecule has 0 bridgehead atoms. The molecule has 42 valence electrons. The molecule has 0 amide bonds. The van der Waals surface area contributed by atoms with Gasteiger partial charge in [0.1, 0.15) is 0 Å². The Labute approximate surface area is 106 Å². The van der Waals surface area contributed by atoms with E-state index in [1.54, 1.807) is 6.07 Å². The summed E-state index contributed by atoms with van der Waals surface area (Å²) in [6.07, 6.45) is 1.38. The largest absolute Gasteiger partial charge is 1.00 e. The molecule has 0 spiro atoms. The van der Waals surface area contributed by atoms with Crippen molar-refractivity contribution < 1.29 is 58.2 Å². The van der Waals surface area contributed by atoms with Crippen LogP contribution in [0.2, 0.25) is 0 Å². The fourth-order valence-corrected chi connectivity index (χ4v) is 0.500. The molecule has 1 rings (SSSR count). The van der Waals surface area contributed by atoms with Crippen molar-refractivity contribution in [1.82, 2.24) is 9.97 Å². The average molecular weight is 213 g/mol. The number of nitrogens with one attached hydrogen (secondary N) is 1. The summed E-state index contributed by atoms with van der Waals surface area (Å²) in [5.41, 5.74) is -0.391. The van der Waals surface area contributed by atoms with Crippen molar-refractivity contribution in [2.24, 2.45) is 0 Å². The molecule has 5 heteroatoms. The summed E-state index contributed by atoms with van der Waals surface area (Å²) < 4.78 is 0. The molecule has 1 aromatic rings. The molecule has 0 radical (unpaired) electrons. The van der Waals surface area contributed by atoms with Gasteiger partial charge in [0, 0.05) is 6.20 Å². The topological polar surface area (TPSA) is 45.8 Å². The Hall–Kier alpha value is 0.905. The van der Waals surface area contributed by atoms with E-state index in [1.165, 1.54) is 6.20 Å². The molecule has 1 heterocycles. The number of aromatic amines is 1. The zero-order valence-corrected chi connectivity index (χ0v) is 10.7. The van der Waals surface area contributed by atoms with Crippen molar-refractivity contribution in [3.63, 3.8) is 0 Å². The minimum absolute atomic E-state index is 0. The van der Waals surface area contributed by atoms with Gasteiger partial charge in [-0.15, -0.1) is 5.03 Å². The first-order valence-electron chi connectivity index (χ1n) is 2.01. The van der Waals surface area contributed by atoms with Crippen molar-refractivity contribution in [2.75, 3.05) is 0 Å². The molecule has 0 saturated heterocycles. The summed E-state index contributed by atoms with van der Waals surface area (Å²) in [4.78, 5) is 15.9. The maximum atomic E-state index is 10.3. The Morgan fingerprint density at radius 2 is 2.33 bits per heavy atom. The Bertz CT molecular complexity index is 236. The maximum Gasteiger partial charge on any atom is 1.00 e. The van der Waals surface area contributed by atoms with Crippen LogP contribution in [0.4, 0.5) is 0 Å². The Morgan fingerprint density at radius 1 is 1.67 bits per heavy atom. The Morgan fingerprint density at radius 3 is 2.67 bits per heavy atom. The SMILES string of the molecule is O=c1nccc([S-])[nH]1.[Rb+]. The van der Waals surface area contributed by atoms with Crippen LogP contribution >= 0.6 is 0 Å². The van der Waals surface area contributed by atoms with Gasteiger partial charge in [0.2, 0.25) is 0 Å². The van der Waals surface area contributed by atoms with Gasteiger partial charge in [-0.1, -0.05) is 0 Å². The molecule has 0 unspecified atom stereocenters. The molecule has 0 aliphatic rings. The second-order valence-electron chi connectivity index (χ2n) is 1.24. The number of hydrogen-bond donors (Lipinski definition) is 1. The first-order valence-corrected chi connectivity index (χ1v) is 2.42. The van der Waals surface area contributed by atoms with Crippen LogP contribution in [0.25, 0.3) is 0 Å². The van der Waals surface area contributed by atoms with Crippen molar-refractivity contribution in [3.8, 4) is 0 Å². The molecule has 0 atom stereocenters. The van der Waals surface area contributed by atoms with E-state index < -0.39 is 5.69 Å². The van der Waals surface area contributed by atoms with Crippen molar-refractivity contribution >= 4 is 12.6 Å². The van der Waals surface area contributed by atoms with Crippen molar-refractivity contribution in [1.29, 1.82) is 0 Å².